The van der Waals surface area contributed by atoms with Crippen LogP contribution in [-0.4, -0.2) is 54.3 Å². The molecule has 2 N–H and O–H groups in total. The third-order valence-corrected chi connectivity index (χ3v) is 2.97. The van der Waals surface area contributed by atoms with Crippen LogP contribution in [0, 0.1) is 0 Å². The summed E-state index contributed by atoms with van der Waals surface area (Å²) in [7, 11) is 1.78. The van der Waals surface area contributed by atoms with Crippen LogP contribution in [0.5, 0.6) is 0 Å². The quantitative estimate of drug-likeness (QED) is 0.667. The number of amides is 2. The number of nitrogens with two attached hydrogens (primary N) is 1. The third-order valence-electron chi connectivity index (χ3n) is 2.97. The van der Waals surface area contributed by atoms with Crippen LogP contribution in [0.4, 0.5) is 0 Å². The van der Waals surface area contributed by atoms with Crippen molar-refractivity contribution in [2.24, 2.45) is 5.73 Å². The molecule has 0 aliphatic carbocycles. The van der Waals surface area contributed by atoms with E-state index < -0.39 is 0 Å². The average molecular weight is 213 g/mol. The minimum absolute atomic E-state index is 0.0309. The van der Waals surface area contributed by atoms with Gasteiger partial charge in [0.05, 0.1) is 6.54 Å². The van der Waals surface area contributed by atoms with Gasteiger partial charge in [-0.15, -0.1) is 0 Å². The van der Waals surface area contributed by atoms with E-state index in [1.807, 2.05) is 0 Å². The van der Waals surface area contributed by atoms with Gasteiger partial charge in [0.1, 0.15) is 0 Å². The highest BCUT2D eigenvalue weighted by molar-refractivity contribution is 5.78. The van der Waals surface area contributed by atoms with Crippen molar-refractivity contribution in [2.45, 2.75) is 25.8 Å². The molecule has 1 fully saturated rings. The standard InChI is InChI=1S/C10H19N3O2/c1-8(14)12(2)9-4-3-5-13(7-9)10(15)6-11/h9H,3-7,11H2,1-2H3/t9-/m1/s1. The Hall–Kier alpha value is -1.10. The monoisotopic (exact) mass is 213 g/mol. The second kappa shape index (κ2) is 5.11. The number of likely N-dealkylation sites (tertiary alicyclic amines) is 1. The van der Waals surface area contributed by atoms with Gasteiger partial charge in [0.15, 0.2) is 0 Å². The largest absolute Gasteiger partial charge is 0.341 e. The van der Waals surface area contributed by atoms with Crippen molar-refractivity contribution in [3.05, 3.63) is 0 Å². The van der Waals surface area contributed by atoms with Crippen molar-refractivity contribution in [3.63, 3.8) is 0 Å². The van der Waals surface area contributed by atoms with E-state index in [9.17, 15) is 9.59 Å². The van der Waals surface area contributed by atoms with E-state index in [4.69, 9.17) is 5.73 Å². The molecule has 2 amide bonds. The maximum Gasteiger partial charge on any atom is 0.236 e. The summed E-state index contributed by atoms with van der Waals surface area (Å²) >= 11 is 0. The molecule has 86 valence electrons. The summed E-state index contributed by atoms with van der Waals surface area (Å²) in [5.74, 6) is 0.0127. The van der Waals surface area contributed by atoms with Gasteiger partial charge in [-0.2, -0.15) is 0 Å². The summed E-state index contributed by atoms with van der Waals surface area (Å²) in [5, 5.41) is 0. The molecular weight excluding hydrogens is 194 g/mol. The number of carbonyl (C=O) groups excluding carboxylic acids is 2. The fraction of sp³-hybridized carbons (Fsp3) is 0.800. The van der Waals surface area contributed by atoms with Gasteiger partial charge < -0.3 is 15.5 Å². The number of piperidine rings is 1. The Labute approximate surface area is 90.2 Å². The lowest BCUT2D eigenvalue weighted by Crippen LogP contribution is -2.51. The number of rotatable bonds is 2. The van der Waals surface area contributed by atoms with E-state index in [1.54, 1.807) is 23.8 Å². The predicted molar refractivity (Wildman–Crippen MR) is 57.1 cm³/mol. The Morgan fingerprint density at radius 2 is 2.20 bits per heavy atom. The molecule has 1 atom stereocenters. The molecule has 0 saturated carbocycles. The van der Waals surface area contributed by atoms with Crippen LogP contribution in [0.15, 0.2) is 0 Å². The van der Waals surface area contributed by atoms with E-state index in [-0.39, 0.29) is 24.4 Å². The number of hydrogen-bond donors (Lipinski definition) is 1. The normalized spacial score (nSPS) is 21.3. The summed E-state index contributed by atoms with van der Waals surface area (Å²) < 4.78 is 0. The topological polar surface area (TPSA) is 66.6 Å². The minimum Gasteiger partial charge on any atom is -0.341 e. The molecule has 0 radical (unpaired) electrons. The Balaban J connectivity index is 2.56. The summed E-state index contributed by atoms with van der Waals surface area (Å²) in [6.45, 7) is 2.98. The first-order valence-corrected chi connectivity index (χ1v) is 5.27. The highest BCUT2D eigenvalue weighted by atomic mass is 16.2. The third kappa shape index (κ3) is 2.92. The van der Waals surface area contributed by atoms with Gasteiger partial charge in [-0.3, -0.25) is 9.59 Å². The van der Waals surface area contributed by atoms with Gasteiger partial charge in [0.25, 0.3) is 0 Å². The van der Waals surface area contributed by atoms with Crippen LogP contribution in [0.1, 0.15) is 19.8 Å². The van der Waals surface area contributed by atoms with Crippen LogP contribution >= 0.6 is 0 Å². The van der Waals surface area contributed by atoms with E-state index in [1.165, 1.54) is 0 Å². The number of carbonyl (C=O) groups is 2. The van der Waals surface area contributed by atoms with Gasteiger partial charge in [0, 0.05) is 33.1 Å². The summed E-state index contributed by atoms with van der Waals surface area (Å²) in [6.07, 6.45) is 1.90. The zero-order chi connectivity index (χ0) is 11.4. The lowest BCUT2D eigenvalue weighted by molar-refractivity contribution is -0.136. The van der Waals surface area contributed by atoms with Crippen molar-refractivity contribution in [1.82, 2.24) is 9.80 Å². The molecule has 0 aromatic rings. The lowest BCUT2D eigenvalue weighted by atomic mass is 10.0. The van der Waals surface area contributed by atoms with E-state index in [0.29, 0.717) is 6.54 Å². The first-order chi connectivity index (χ1) is 7.06. The van der Waals surface area contributed by atoms with Crippen molar-refractivity contribution >= 4 is 11.8 Å². The molecule has 0 spiro atoms. The van der Waals surface area contributed by atoms with Crippen LogP contribution < -0.4 is 5.73 Å². The van der Waals surface area contributed by atoms with E-state index >= 15 is 0 Å². The lowest BCUT2D eigenvalue weighted by Gasteiger charge is -2.37. The van der Waals surface area contributed by atoms with Gasteiger partial charge >= 0.3 is 0 Å². The van der Waals surface area contributed by atoms with Crippen LogP contribution in [-0.2, 0) is 9.59 Å². The smallest absolute Gasteiger partial charge is 0.236 e. The highest BCUT2D eigenvalue weighted by Gasteiger charge is 2.26. The first kappa shape index (κ1) is 12.0. The molecular formula is C10H19N3O2. The zero-order valence-corrected chi connectivity index (χ0v) is 9.40. The molecule has 0 aromatic carbocycles. The molecule has 1 aliphatic heterocycles. The number of hydrogen-bond acceptors (Lipinski definition) is 3. The predicted octanol–water partition coefficient (Wildman–Crippen LogP) is -0.586. The molecule has 0 aromatic heterocycles. The van der Waals surface area contributed by atoms with Gasteiger partial charge in [-0.05, 0) is 12.8 Å². The molecule has 0 bridgehead atoms. The Morgan fingerprint density at radius 3 is 2.73 bits per heavy atom. The van der Waals surface area contributed by atoms with Crippen molar-refractivity contribution in [1.29, 1.82) is 0 Å². The van der Waals surface area contributed by atoms with E-state index in [0.717, 1.165) is 19.4 Å². The Bertz CT molecular complexity index is 255. The second-order valence-corrected chi connectivity index (χ2v) is 3.97. The van der Waals surface area contributed by atoms with Gasteiger partial charge in [-0.1, -0.05) is 0 Å². The Kier molecular flexibility index (Phi) is 4.08. The SMILES string of the molecule is CC(=O)N(C)[C@@H]1CCCN(C(=O)CN)C1. The fourth-order valence-corrected chi connectivity index (χ4v) is 1.88. The molecule has 1 rings (SSSR count). The van der Waals surface area contributed by atoms with Gasteiger partial charge in [-0.25, -0.2) is 0 Å². The summed E-state index contributed by atoms with van der Waals surface area (Å²) in [4.78, 5) is 26.0. The minimum atomic E-state index is -0.0309. The maximum atomic E-state index is 11.4. The van der Waals surface area contributed by atoms with Crippen molar-refractivity contribution in [3.8, 4) is 0 Å². The summed E-state index contributed by atoms with van der Waals surface area (Å²) in [6, 6.07) is 0.145. The molecule has 1 aliphatic rings. The van der Waals surface area contributed by atoms with Gasteiger partial charge in [0.2, 0.25) is 11.8 Å². The number of likely N-dealkylation sites (N-methyl/N-ethyl adjacent to an activating group) is 1. The molecule has 5 nitrogen and oxygen atoms in total. The van der Waals surface area contributed by atoms with Crippen molar-refractivity contribution < 1.29 is 9.59 Å². The summed E-state index contributed by atoms with van der Waals surface area (Å²) in [5.41, 5.74) is 5.31. The van der Waals surface area contributed by atoms with E-state index in [2.05, 4.69) is 0 Å². The highest BCUT2D eigenvalue weighted by Crippen LogP contribution is 2.14. The first-order valence-electron chi connectivity index (χ1n) is 5.27. The molecule has 1 heterocycles. The average Bonchev–Trinajstić information content (AvgIpc) is 2.27. The molecule has 0 unspecified atom stereocenters. The van der Waals surface area contributed by atoms with Crippen LogP contribution in [0.2, 0.25) is 0 Å². The fourth-order valence-electron chi connectivity index (χ4n) is 1.88. The maximum absolute atomic E-state index is 11.4. The Morgan fingerprint density at radius 1 is 1.53 bits per heavy atom. The molecule has 1 saturated heterocycles. The van der Waals surface area contributed by atoms with Crippen LogP contribution in [0.25, 0.3) is 0 Å². The zero-order valence-electron chi connectivity index (χ0n) is 9.40. The second-order valence-electron chi connectivity index (χ2n) is 3.97. The van der Waals surface area contributed by atoms with Crippen molar-refractivity contribution in [2.75, 3.05) is 26.7 Å². The van der Waals surface area contributed by atoms with Crippen LogP contribution in [0.3, 0.4) is 0 Å². The molecule has 5 heteroatoms. The molecule has 15 heavy (non-hydrogen) atoms. The number of nitrogens with zero attached hydrogens (tertiary/aromatic N) is 2.